The topological polar surface area (TPSA) is 0 Å². The molecule has 1 aliphatic rings. The van der Waals surface area contributed by atoms with E-state index >= 15 is 0 Å². The van der Waals surface area contributed by atoms with E-state index in [1.807, 2.05) is 0 Å². The molecule has 0 aromatic heterocycles. The van der Waals surface area contributed by atoms with Crippen LogP contribution in [-0.4, -0.2) is 22.8 Å². The molecule has 0 saturated heterocycles. The summed E-state index contributed by atoms with van der Waals surface area (Å²) in [6.07, 6.45) is 4.77. The van der Waals surface area contributed by atoms with Crippen LogP contribution in [-0.2, 0) is 0 Å². The Morgan fingerprint density at radius 1 is 1.33 bits per heavy atom. The molecule has 1 fully saturated rings. The van der Waals surface area contributed by atoms with Crippen molar-refractivity contribution in [2.24, 2.45) is 0 Å². The van der Waals surface area contributed by atoms with E-state index in [1.54, 1.807) is 7.17 Å². The van der Waals surface area contributed by atoms with Crippen molar-refractivity contribution in [3.8, 4) is 0 Å². The summed E-state index contributed by atoms with van der Waals surface area (Å²) in [5.41, 5.74) is 0. The fourth-order valence-corrected chi connectivity index (χ4v) is 1.44. The van der Waals surface area contributed by atoms with E-state index in [0.29, 0.717) is 11.6 Å². The van der Waals surface area contributed by atoms with Crippen molar-refractivity contribution in [3.05, 3.63) is 0 Å². The maximum absolute atomic E-state index is 5.73. The van der Waals surface area contributed by atoms with Gasteiger partial charge in [-0.25, -0.2) is 0 Å². The maximum atomic E-state index is 5.73. The molecule has 0 bridgehead atoms. The maximum Gasteiger partial charge on any atom is 0.0699 e. The molecule has 0 spiro atoms. The van der Waals surface area contributed by atoms with Crippen LogP contribution < -0.4 is 0 Å². The Balaban J connectivity index is 2.23. The van der Waals surface area contributed by atoms with Gasteiger partial charge in [-0.1, -0.05) is 37.3 Å². The Kier molecular flexibility index (Phi) is 2.75. The lowest BCUT2D eigenvalue weighted by Crippen LogP contribution is -2.12. The average molecular weight is 115 g/mol. The molecule has 43 valence electrons. The van der Waals surface area contributed by atoms with E-state index in [2.05, 4.69) is 0 Å². The van der Waals surface area contributed by atoms with Gasteiger partial charge in [0.05, 0.1) is 15.0 Å². The number of hydrogen-bond donors (Lipinski definition) is 0. The van der Waals surface area contributed by atoms with Crippen molar-refractivity contribution in [2.45, 2.75) is 37.3 Å². The van der Waals surface area contributed by atoms with Crippen LogP contribution in [0.25, 0.3) is 0 Å². The Morgan fingerprint density at radius 3 is 2.56 bits per heavy atom. The summed E-state index contributed by atoms with van der Waals surface area (Å²) in [4.78, 5) is 0. The summed E-state index contributed by atoms with van der Waals surface area (Å²) in [5, 5.41) is 0. The fourth-order valence-electron chi connectivity index (χ4n) is 1.44. The van der Waals surface area contributed by atoms with Gasteiger partial charge in [0.25, 0.3) is 0 Å². The van der Waals surface area contributed by atoms with Gasteiger partial charge < -0.3 is 0 Å². The molecule has 0 aromatic rings. The Hall–Kier alpha value is 0.195. The molecule has 0 heterocycles. The third kappa shape index (κ3) is 2.11. The molecule has 0 aliphatic heterocycles. The number of rotatable bonds is 1. The van der Waals surface area contributed by atoms with E-state index in [4.69, 9.17) is 15.6 Å². The first-order valence-corrected chi connectivity index (χ1v) is 3.63. The van der Waals surface area contributed by atoms with Gasteiger partial charge in [0.15, 0.2) is 0 Å². The van der Waals surface area contributed by atoms with Gasteiger partial charge in [0.2, 0.25) is 0 Å². The summed E-state index contributed by atoms with van der Waals surface area (Å²) in [6, 6.07) is 0. The van der Waals surface area contributed by atoms with Gasteiger partial charge in [0.1, 0.15) is 0 Å². The second-order valence-corrected chi connectivity index (χ2v) is 2.88. The molecule has 0 amide bonds. The minimum absolute atomic E-state index is 0.406. The summed E-state index contributed by atoms with van der Waals surface area (Å²) >= 11 is 0. The van der Waals surface area contributed by atoms with Crippen molar-refractivity contribution in [1.82, 2.24) is 0 Å². The monoisotopic (exact) mass is 115 g/mol. The van der Waals surface area contributed by atoms with Crippen molar-refractivity contribution >= 4 is 22.8 Å². The van der Waals surface area contributed by atoms with Crippen molar-refractivity contribution < 1.29 is 0 Å². The van der Waals surface area contributed by atoms with Gasteiger partial charge in [-0.3, -0.25) is 0 Å². The minimum Gasteiger partial charge on any atom is -0.0786 e. The first-order chi connectivity index (χ1) is 4.33. The standard InChI is InChI=1S/C6H10B3/c7-5-2-1-3-6(4-5)9-8/h5-6H,1-4H2. The molecule has 5 radical (unpaired) electrons. The molecule has 0 N–H and O–H groups in total. The Morgan fingerprint density at radius 2 is 2.11 bits per heavy atom. The third-order valence-corrected chi connectivity index (χ3v) is 2.03. The molecule has 9 heavy (non-hydrogen) atoms. The van der Waals surface area contributed by atoms with Crippen LogP contribution in [0.4, 0.5) is 0 Å². The molecule has 3 heteroatoms. The highest BCUT2D eigenvalue weighted by atomic mass is 14.1. The first kappa shape index (κ1) is 7.30. The highest BCUT2D eigenvalue weighted by Gasteiger charge is 2.15. The van der Waals surface area contributed by atoms with Crippen LogP contribution in [0, 0.1) is 0 Å². The predicted molar refractivity (Wildman–Crippen MR) is 43.2 cm³/mol. The summed E-state index contributed by atoms with van der Waals surface area (Å²) in [7, 11) is 12.9. The quantitative estimate of drug-likeness (QED) is 0.448. The van der Waals surface area contributed by atoms with Gasteiger partial charge in [-0.15, -0.1) is 0 Å². The highest BCUT2D eigenvalue weighted by Crippen LogP contribution is 2.33. The SMILES string of the molecule is [B][B]C1CCCC([B])C1. The highest BCUT2D eigenvalue weighted by molar-refractivity contribution is 6.90. The second kappa shape index (κ2) is 3.38. The largest absolute Gasteiger partial charge is 0.0786 e. The van der Waals surface area contributed by atoms with Gasteiger partial charge in [-0.05, 0) is 0 Å². The number of hydrogen-bond acceptors (Lipinski definition) is 0. The normalized spacial score (nSPS) is 36.0. The van der Waals surface area contributed by atoms with Crippen LogP contribution in [0.5, 0.6) is 0 Å². The molecule has 2 unspecified atom stereocenters. The summed E-state index contributed by atoms with van der Waals surface area (Å²) < 4.78 is 0. The van der Waals surface area contributed by atoms with E-state index < -0.39 is 0 Å². The molecule has 1 aliphatic carbocycles. The fraction of sp³-hybridized carbons (Fsp3) is 1.00. The lowest BCUT2D eigenvalue weighted by molar-refractivity contribution is 0.503. The molecular weight excluding hydrogens is 105 g/mol. The average Bonchev–Trinajstić information content (AvgIpc) is 1.88. The zero-order valence-corrected chi connectivity index (χ0v) is 5.72. The van der Waals surface area contributed by atoms with Crippen LogP contribution >= 0.6 is 0 Å². The van der Waals surface area contributed by atoms with E-state index in [-0.39, 0.29) is 0 Å². The zero-order valence-electron chi connectivity index (χ0n) is 5.72. The zero-order chi connectivity index (χ0) is 6.69. The van der Waals surface area contributed by atoms with Gasteiger partial charge in [0, 0.05) is 7.74 Å². The smallest absolute Gasteiger partial charge is 0.0699 e. The van der Waals surface area contributed by atoms with Crippen LogP contribution in [0.2, 0.25) is 11.6 Å². The van der Waals surface area contributed by atoms with Crippen molar-refractivity contribution in [1.29, 1.82) is 0 Å². The van der Waals surface area contributed by atoms with E-state index in [0.717, 1.165) is 6.42 Å². The molecule has 2 atom stereocenters. The van der Waals surface area contributed by atoms with E-state index in [1.165, 1.54) is 19.3 Å². The summed E-state index contributed by atoms with van der Waals surface area (Å²) in [6.45, 7) is 0. The molecule has 0 nitrogen and oxygen atoms in total. The Bertz CT molecular complexity index is 84.4. The minimum atomic E-state index is 0.406. The van der Waals surface area contributed by atoms with Gasteiger partial charge in [-0.2, -0.15) is 0 Å². The third-order valence-electron chi connectivity index (χ3n) is 2.03. The first-order valence-electron chi connectivity index (χ1n) is 3.63. The molecule has 0 aromatic carbocycles. The van der Waals surface area contributed by atoms with Crippen molar-refractivity contribution in [3.63, 3.8) is 0 Å². The Labute approximate surface area is 60.8 Å². The predicted octanol–water partition coefficient (Wildman–Crippen LogP) is 1.09. The summed E-state index contributed by atoms with van der Waals surface area (Å²) in [5.74, 6) is 0.997. The second-order valence-electron chi connectivity index (χ2n) is 2.88. The van der Waals surface area contributed by atoms with Gasteiger partial charge >= 0.3 is 0 Å². The molecule has 1 saturated carbocycles. The van der Waals surface area contributed by atoms with E-state index in [9.17, 15) is 0 Å². The van der Waals surface area contributed by atoms with Crippen LogP contribution in [0.15, 0.2) is 0 Å². The lowest BCUT2D eigenvalue weighted by atomic mass is 9.43. The molecular formula is C6H10B3. The van der Waals surface area contributed by atoms with Crippen LogP contribution in [0.3, 0.4) is 0 Å². The molecule has 1 rings (SSSR count). The lowest BCUT2D eigenvalue weighted by Gasteiger charge is -2.25. The van der Waals surface area contributed by atoms with Crippen LogP contribution in [0.1, 0.15) is 25.7 Å². The van der Waals surface area contributed by atoms with Crippen molar-refractivity contribution in [2.75, 3.05) is 0 Å².